The van der Waals surface area contributed by atoms with Gasteiger partial charge in [-0.2, -0.15) is 0 Å². The van der Waals surface area contributed by atoms with Crippen molar-refractivity contribution in [2.24, 2.45) is 5.73 Å². The van der Waals surface area contributed by atoms with E-state index in [1.54, 1.807) is 18.2 Å². The molecule has 0 aliphatic heterocycles. The van der Waals surface area contributed by atoms with Crippen LogP contribution in [0.4, 0.5) is 16.2 Å². The van der Waals surface area contributed by atoms with Gasteiger partial charge in [0, 0.05) is 11.4 Å². The number of benzene rings is 2. The topological polar surface area (TPSA) is 87.4 Å². The normalized spacial score (nSPS) is 16.3. The molecule has 21 heavy (non-hydrogen) atoms. The van der Waals surface area contributed by atoms with Gasteiger partial charge < -0.3 is 21.5 Å². The maximum Gasteiger partial charge on any atom is 0.316 e. The van der Waals surface area contributed by atoms with E-state index in [1.165, 1.54) is 0 Å². The first kappa shape index (κ1) is 13.3. The number of anilines is 2. The van der Waals surface area contributed by atoms with E-state index in [4.69, 9.17) is 5.73 Å². The monoisotopic (exact) mass is 283 g/mol. The molecule has 1 unspecified atom stereocenters. The van der Waals surface area contributed by atoms with Gasteiger partial charge in [-0.15, -0.1) is 0 Å². The highest BCUT2D eigenvalue weighted by Gasteiger charge is 2.24. The van der Waals surface area contributed by atoms with Gasteiger partial charge in [0.25, 0.3) is 0 Å². The minimum Gasteiger partial charge on any atom is -0.508 e. The zero-order valence-corrected chi connectivity index (χ0v) is 11.5. The fourth-order valence-electron chi connectivity index (χ4n) is 2.78. The summed E-state index contributed by atoms with van der Waals surface area (Å²) >= 11 is 0. The lowest BCUT2D eigenvalue weighted by Crippen LogP contribution is -2.19. The predicted octanol–water partition coefficient (Wildman–Crippen LogP) is 2.98. The quantitative estimate of drug-likeness (QED) is 0.698. The van der Waals surface area contributed by atoms with Crippen LogP contribution in [0.25, 0.3) is 0 Å². The van der Waals surface area contributed by atoms with E-state index < -0.39 is 6.03 Å². The molecule has 3 rings (SSSR count). The maximum absolute atomic E-state index is 10.8. The van der Waals surface area contributed by atoms with E-state index in [-0.39, 0.29) is 6.04 Å². The fourth-order valence-corrected chi connectivity index (χ4v) is 2.78. The third-order valence-electron chi connectivity index (χ3n) is 3.74. The van der Waals surface area contributed by atoms with Crippen molar-refractivity contribution in [3.63, 3.8) is 0 Å². The minimum absolute atomic E-state index is 0.196. The van der Waals surface area contributed by atoms with Crippen LogP contribution in [0, 0.1) is 0 Å². The summed E-state index contributed by atoms with van der Waals surface area (Å²) in [5.74, 6) is 0.373. The van der Waals surface area contributed by atoms with Crippen molar-refractivity contribution in [2.45, 2.75) is 18.9 Å². The number of nitrogens with two attached hydrogens (primary N) is 1. The van der Waals surface area contributed by atoms with E-state index in [1.807, 2.05) is 24.3 Å². The number of fused-ring (bicyclic) bond motifs is 1. The molecule has 1 atom stereocenters. The maximum atomic E-state index is 10.8. The molecule has 0 heterocycles. The van der Waals surface area contributed by atoms with E-state index >= 15 is 0 Å². The van der Waals surface area contributed by atoms with Gasteiger partial charge in [-0.3, -0.25) is 0 Å². The number of phenols is 1. The standard InChI is InChI=1S/C16H17N3O2/c17-16(21)19-11-6-4-10(5-7-11)18-14-9-8-13-12(14)2-1-3-15(13)20/h1-7,14,18,20H,8-9H2,(H3,17,19,21). The second-order valence-electron chi connectivity index (χ2n) is 5.15. The molecule has 2 aromatic rings. The first-order chi connectivity index (χ1) is 10.1. The van der Waals surface area contributed by atoms with Gasteiger partial charge in [-0.05, 0) is 54.3 Å². The molecule has 2 aromatic carbocycles. The van der Waals surface area contributed by atoms with Crippen LogP contribution in [-0.2, 0) is 6.42 Å². The predicted molar refractivity (Wildman–Crippen MR) is 82.4 cm³/mol. The van der Waals surface area contributed by atoms with Crippen LogP contribution in [0.3, 0.4) is 0 Å². The van der Waals surface area contributed by atoms with Crippen LogP contribution >= 0.6 is 0 Å². The molecule has 0 spiro atoms. The van der Waals surface area contributed by atoms with E-state index in [0.717, 1.165) is 29.7 Å². The van der Waals surface area contributed by atoms with Crippen LogP contribution in [0.1, 0.15) is 23.6 Å². The highest BCUT2D eigenvalue weighted by atomic mass is 16.3. The zero-order chi connectivity index (χ0) is 14.8. The Morgan fingerprint density at radius 1 is 1.14 bits per heavy atom. The molecule has 1 aliphatic carbocycles. The Bertz CT molecular complexity index is 668. The third kappa shape index (κ3) is 2.76. The molecule has 0 saturated carbocycles. The summed E-state index contributed by atoms with van der Waals surface area (Å²) in [6, 6.07) is 12.6. The third-order valence-corrected chi connectivity index (χ3v) is 3.74. The van der Waals surface area contributed by atoms with Gasteiger partial charge in [0.2, 0.25) is 0 Å². The molecule has 0 saturated heterocycles. The van der Waals surface area contributed by atoms with E-state index in [9.17, 15) is 9.90 Å². The van der Waals surface area contributed by atoms with Crippen LogP contribution in [-0.4, -0.2) is 11.1 Å². The Labute approximate surface area is 122 Å². The number of hydrogen-bond donors (Lipinski definition) is 4. The van der Waals surface area contributed by atoms with Crippen molar-refractivity contribution >= 4 is 17.4 Å². The SMILES string of the molecule is NC(=O)Nc1ccc(NC2CCc3c(O)cccc32)cc1. The molecule has 5 N–H and O–H groups in total. The number of urea groups is 1. The number of primary amides is 1. The number of nitrogens with one attached hydrogen (secondary N) is 2. The van der Waals surface area contributed by atoms with Gasteiger partial charge >= 0.3 is 6.03 Å². The van der Waals surface area contributed by atoms with Gasteiger partial charge in [0.15, 0.2) is 0 Å². The molecule has 1 aliphatic rings. The molecule has 0 bridgehead atoms. The Kier molecular flexibility index (Phi) is 3.39. The number of rotatable bonds is 3. The lowest BCUT2D eigenvalue weighted by atomic mass is 10.1. The molecule has 0 aromatic heterocycles. The van der Waals surface area contributed by atoms with E-state index in [2.05, 4.69) is 10.6 Å². The van der Waals surface area contributed by atoms with Crippen LogP contribution in [0.5, 0.6) is 5.75 Å². The van der Waals surface area contributed by atoms with Gasteiger partial charge in [0.1, 0.15) is 5.75 Å². The average molecular weight is 283 g/mol. The largest absolute Gasteiger partial charge is 0.508 e. The average Bonchev–Trinajstić information content (AvgIpc) is 2.85. The van der Waals surface area contributed by atoms with Crippen LogP contribution in [0.15, 0.2) is 42.5 Å². The Morgan fingerprint density at radius 2 is 1.86 bits per heavy atom. The number of amides is 2. The highest BCUT2D eigenvalue weighted by molar-refractivity contribution is 5.87. The van der Waals surface area contributed by atoms with Gasteiger partial charge in [0.05, 0.1) is 6.04 Å². The van der Waals surface area contributed by atoms with Crippen molar-refractivity contribution in [2.75, 3.05) is 10.6 Å². The zero-order valence-electron chi connectivity index (χ0n) is 11.5. The first-order valence-electron chi connectivity index (χ1n) is 6.87. The van der Waals surface area contributed by atoms with Crippen LogP contribution in [0.2, 0.25) is 0 Å². The lowest BCUT2D eigenvalue weighted by molar-refractivity contribution is 0.259. The second kappa shape index (κ2) is 5.36. The summed E-state index contributed by atoms with van der Waals surface area (Å²) < 4.78 is 0. The van der Waals surface area contributed by atoms with Crippen molar-refractivity contribution in [3.05, 3.63) is 53.6 Å². The van der Waals surface area contributed by atoms with Crippen molar-refractivity contribution < 1.29 is 9.90 Å². The fraction of sp³-hybridized carbons (Fsp3) is 0.188. The molecular weight excluding hydrogens is 266 g/mol. The summed E-state index contributed by atoms with van der Waals surface area (Å²) in [6.45, 7) is 0. The molecular formula is C16H17N3O2. The smallest absolute Gasteiger partial charge is 0.316 e. The van der Waals surface area contributed by atoms with Gasteiger partial charge in [-0.1, -0.05) is 12.1 Å². The number of aromatic hydroxyl groups is 1. The Morgan fingerprint density at radius 3 is 2.57 bits per heavy atom. The van der Waals surface area contributed by atoms with Crippen molar-refractivity contribution in [3.8, 4) is 5.75 Å². The number of carbonyl (C=O) groups excluding carboxylic acids is 1. The van der Waals surface area contributed by atoms with Gasteiger partial charge in [-0.25, -0.2) is 4.79 Å². The Hall–Kier alpha value is -2.69. The molecule has 5 nitrogen and oxygen atoms in total. The summed E-state index contributed by atoms with van der Waals surface area (Å²) in [7, 11) is 0. The number of hydrogen-bond acceptors (Lipinski definition) is 3. The molecule has 0 radical (unpaired) electrons. The molecule has 2 amide bonds. The molecule has 5 heteroatoms. The highest BCUT2D eigenvalue weighted by Crippen LogP contribution is 2.38. The summed E-state index contributed by atoms with van der Waals surface area (Å²) in [4.78, 5) is 10.8. The molecule has 108 valence electrons. The summed E-state index contributed by atoms with van der Waals surface area (Å²) in [5, 5.41) is 15.8. The first-order valence-corrected chi connectivity index (χ1v) is 6.87. The van der Waals surface area contributed by atoms with Crippen molar-refractivity contribution in [1.29, 1.82) is 0 Å². The minimum atomic E-state index is -0.573. The summed E-state index contributed by atoms with van der Waals surface area (Å²) in [6.07, 6.45) is 1.83. The Balaban J connectivity index is 1.74. The number of phenolic OH excluding ortho intramolecular Hbond substituents is 1. The number of carbonyl (C=O) groups is 1. The van der Waals surface area contributed by atoms with Crippen molar-refractivity contribution in [1.82, 2.24) is 0 Å². The summed E-state index contributed by atoms with van der Waals surface area (Å²) in [5.41, 5.74) is 8.88. The second-order valence-corrected chi connectivity index (χ2v) is 5.15. The lowest BCUT2D eigenvalue weighted by Gasteiger charge is -2.16. The molecule has 0 fully saturated rings. The van der Waals surface area contributed by atoms with Crippen LogP contribution < -0.4 is 16.4 Å². The van der Waals surface area contributed by atoms with E-state index in [0.29, 0.717) is 11.4 Å².